The molecule has 1 aromatic rings. The van der Waals surface area contributed by atoms with Crippen molar-refractivity contribution in [2.75, 3.05) is 13.7 Å². The van der Waals surface area contributed by atoms with E-state index in [0.717, 1.165) is 17.0 Å². The molecule has 1 amide bonds. The summed E-state index contributed by atoms with van der Waals surface area (Å²) in [5.41, 5.74) is 2.08. The third kappa shape index (κ3) is 5.06. The Balaban J connectivity index is 2.80. The number of rotatable bonds is 8. The Hall–Kier alpha value is -1.89. The summed E-state index contributed by atoms with van der Waals surface area (Å²) in [5, 5.41) is 16.2. The number of carboxylic acids is 1. The maximum Gasteiger partial charge on any atom is 0.305 e. The molecule has 0 aliphatic rings. The van der Waals surface area contributed by atoms with Crippen LogP contribution in [0.15, 0.2) is 0 Å². The average Bonchev–Trinajstić information content (AvgIpc) is 2.64. The molecule has 0 aliphatic carbocycles. The van der Waals surface area contributed by atoms with Gasteiger partial charge in [0, 0.05) is 25.8 Å². The molecule has 0 saturated heterocycles. The molecule has 0 spiro atoms. The van der Waals surface area contributed by atoms with Crippen LogP contribution < -0.4 is 5.32 Å². The van der Waals surface area contributed by atoms with Crippen molar-refractivity contribution < 1.29 is 19.4 Å². The van der Waals surface area contributed by atoms with Gasteiger partial charge in [-0.2, -0.15) is 5.10 Å². The molecule has 0 saturated carbocycles. The van der Waals surface area contributed by atoms with Crippen molar-refractivity contribution in [3.05, 3.63) is 17.0 Å². The van der Waals surface area contributed by atoms with Crippen molar-refractivity contribution >= 4 is 11.9 Å². The zero-order valence-corrected chi connectivity index (χ0v) is 14.8. The molecule has 7 heteroatoms. The number of amides is 1. The second-order valence-corrected chi connectivity index (χ2v) is 6.43. The van der Waals surface area contributed by atoms with Gasteiger partial charge in [0.15, 0.2) is 0 Å². The zero-order valence-electron chi connectivity index (χ0n) is 14.8. The van der Waals surface area contributed by atoms with Crippen LogP contribution in [0.1, 0.15) is 37.2 Å². The van der Waals surface area contributed by atoms with Gasteiger partial charge >= 0.3 is 5.97 Å². The summed E-state index contributed by atoms with van der Waals surface area (Å²) < 4.78 is 6.86. The maximum atomic E-state index is 12.5. The van der Waals surface area contributed by atoms with Crippen LogP contribution in [0.4, 0.5) is 0 Å². The molecule has 0 bridgehead atoms. The monoisotopic (exact) mass is 325 g/mol. The Kier molecular flexibility index (Phi) is 6.32. The molecular weight excluding hydrogens is 298 g/mol. The highest BCUT2D eigenvalue weighted by Gasteiger charge is 2.31. The minimum atomic E-state index is -0.976. The normalized spacial score (nSPS) is 15.0. The average molecular weight is 325 g/mol. The van der Waals surface area contributed by atoms with E-state index in [4.69, 9.17) is 9.84 Å². The Labute approximate surface area is 137 Å². The number of carbonyl (C=O) groups is 2. The summed E-state index contributed by atoms with van der Waals surface area (Å²) in [7, 11) is 3.36. The van der Waals surface area contributed by atoms with Gasteiger partial charge in [0.25, 0.3) is 0 Å². The highest BCUT2D eigenvalue weighted by atomic mass is 16.5. The first-order chi connectivity index (χ1) is 10.6. The predicted molar refractivity (Wildman–Crippen MR) is 86.2 cm³/mol. The number of nitrogens with zero attached hydrogens (tertiary/aromatic N) is 2. The molecule has 1 aromatic heterocycles. The number of methoxy groups -OCH3 is 1. The first kappa shape index (κ1) is 19.2. The van der Waals surface area contributed by atoms with Gasteiger partial charge in [-0.15, -0.1) is 0 Å². The second kappa shape index (κ2) is 7.59. The van der Waals surface area contributed by atoms with Crippen LogP contribution in [0.25, 0.3) is 0 Å². The van der Waals surface area contributed by atoms with Crippen molar-refractivity contribution in [2.24, 2.45) is 13.0 Å². The number of hydrogen-bond acceptors (Lipinski definition) is 4. The van der Waals surface area contributed by atoms with Crippen molar-refractivity contribution in [3.63, 3.8) is 0 Å². The number of hydrogen-bond donors (Lipinski definition) is 2. The lowest BCUT2D eigenvalue weighted by Gasteiger charge is -2.30. The molecule has 0 fully saturated rings. The van der Waals surface area contributed by atoms with E-state index in [0.29, 0.717) is 6.42 Å². The van der Waals surface area contributed by atoms with Gasteiger partial charge < -0.3 is 15.2 Å². The molecule has 2 atom stereocenters. The summed E-state index contributed by atoms with van der Waals surface area (Å²) in [6.45, 7) is 7.54. The van der Waals surface area contributed by atoms with Crippen molar-refractivity contribution in [3.8, 4) is 0 Å². The minimum Gasteiger partial charge on any atom is -0.481 e. The van der Waals surface area contributed by atoms with E-state index in [-0.39, 0.29) is 24.9 Å². The molecule has 2 N–H and O–H groups in total. The minimum absolute atomic E-state index is 0.142. The van der Waals surface area contributed by atoms with Gasteiger partial charge in [0.1, 0.15) is 0 Å². The fraction of sp³-hybridized carbons (Fsp3) is 0.688. The highest BCUT2D eigenvalue weighted by Crippen LogP contribution is 2.18. The number of aryl methyl sites for hydroxylation is 2. The van der Waals surface area contributed by atoms with E-state index in [1.165, 1.54) is 7.11 Å². The van der Waals surface area contributed by atoms with E-state index in [9.17, 15) is 9.59 Å². The quantitative estimate of drug-likeness (QED) is 0.749. The number of aromatic nitrogens is 2. The number of aliphatic carboxylic acids is 1. The van der Waals surface area contributed by atoms with Crippen LogP contribution in [0.5, 0.6) is 0 Å². The largest absolute Gasteiger partial charge is 0.481 e. The van der Waals surface area contributed by atoms with Crippen LogP contribution in [-0.4, -0.2) is 46.0 Å². The predicted octanol–water partition coefficient (Wildman–Crippen LogP) is 1.21. The third-order valence-electron chi connectivity index (χ3n) is 4.05. The molecule has 2 unspecified atom stereocenters. The second-order valence-electron chi connectivity index (χ2n) is 6.43. The first-order valence-corrected chi connectivity index (χ1v) is 7.61. The van der Waals surface area contributed by atoms with Gasteiger partial charge in [-0.05, 0) is 32.8 Å². The zero-order chi connectivity index (χ0) is 17.8. The molecule has 7 nitrogen and oxygen atoms in total. The number of ether oxygens (including phenoxy) is 1. The van der Waals surface area contributed by atoms with Crippen LogP contribution >= 0.6 is 0 Å². The summed E-state index contributed by atoms with van der Waals surface area (Å²) in [6.07, 6.45) is 0.373. The van der Waals surface area contributed by atoms with E-state index in [2.05, 4.69) is 10.4 Å². The maximum absolute atomic E-state index is 12.5. The lowest BCUT2D eigenvalue weighted by molar-refractivity contribution is -0.140. The fourth-order valence-corrected chi connectivity index (χ4v) is 2.72. The first-order valence-electron chi connectivity index (χ1n) is 7.61. The number of nitrogens with one attached hydrogen (secondary N) is 1. The molecule has 0 aliphatic heterocycles. The van der Waals surface area contributed by atoms with Gasteiger partial charge in [-0.3, -0.25) is 14.3 Å². The summed E-state index contributed by atoms with van der Waals surface area (Å²) in [6, 6.07) is 0. The smallest absolute Gasteiger partial charge is 0.305 e. The lowest BCUT2D eigenvalue weighted by Crippen LogP contribution is -2.52. The van der Waals surface area contributed by atoms with Crippen molar-refractivity contribution in [1.82, 2.24) is 15.1 Å². The molecule has 23 heavy (non-hydrogen) atoms. The van der Waals surface area contributed by atoms with E-state index in [1.54, 1.807) is 11.6 Å². The Morgan fingerprint density at radius 1 is 1.43 bits per heavy atom. The Morgan fingerprint density at radius 2 is 2.04 bits per heavy atom. The lowest BCUT2D eigenvalue weighted by atomic mass is 9.94. The van der Waals surface area contributed by atoms with Gasteiger partial charge in [-0.25, -0.2) is 0 Å². The summed E-state index contributed by atoms with van der Waals surface area (Å²) >= 11 is 0. The molecule has 1 rings (SSSR count). The number of carbonyl (C=O) groups excluding carboxylic acids is 1. The molecule has 130 valence electrons. The topological polar surface area (TPSA) is 93.4 Å². The van der Waals surface area contributed by atoms with Crippen molar-refractivity contribution in [2.45, 2.75) is 46.1 Å². The summed E-state index contributed by atoms with van der Waals surface area (Å²) in [4.78, 5) is 23.5. The third-order valence-corrected chi connectivity index (χ3v) is 4.05. The fourth-order valence-electron chi connectivity index (χ4n) is 2.72. The molecular formula is C16H27N3O4. The standard InChI is InChI=1S/C16H27N3O4/c1-10(7-13-11(2)18-19(5)12(13)3)15(22)17-16(4,9-23-6)8-14(20)21/h10H,7-9H2,1-6H3,(H,17,22)(H,20,21). The van der Waals surface area contributed by atoms with Crippen molar-refractivity contribution in [1.29, 1.82) is 0 Å². The van der Waals surface area contributed by atoms with Crippen LogP contribution in [0.2, 0.25) is 0 Å². The van der Waals surface area contributed by atoms with Gasteiger partial charge in [0.05, 0.1) is 24.3 Å². The number of carboxylic acid groups (broad SMARTS) is 1. The van der Waals surface area contributed by atoms with E-state index in [1.807, 2.05) is 27.8 Å². The van der Waals surface area contributed by atoms with E-state index < -0.39 is 11.5 Å². The highest BCUT2D eigenvalue weighted by molar-refractivity contribution is 5.80. The van der Waals surface area contributed by atoms with E-state index >= 15 is 0 Å². The van der Waals surface area contributed by atoms with Crippen LogP contribution in [-0.2, 0) is 27.8 Å². The van der Waals surface area contributed by atoms with Gasteiger partial charge in [0.2, 0.25) is 5.91 Å². The summed E-state index contributed by atoms with van der Waals surface area (Å²) in [5.74, 6) is -1.45. The Morgan fingerprint density at radius 3 is 2.48 bits per heavy atom. The van der Waals surface area contributed by atoms with Crippen LogP contribution in [0.3, 0.4) is 0 Å². The molecule has 0 aromatic carbocycles. The van der Waals surface area contributed by atoms with Gasteiger partial charge in [-0.1, -0.05) is 6.92 Å². The van der Waals surface area contributed by atoms with Crippen LogP contribution in [0, 0.1) is 19.8 Å². The Bertz CT molecular complexity index is 582. The molecule has 1 heterocycles. The molecule has 0 radical (unpaired) electrons. The SMILES string of the molecule is COCC(C)(CC(=O)O)NC(=O)C(C)Cc1c(C)nn(C)c1C.